The van der Waals surface area contributed by atoms with Crippen LogP contribution in [0.5, 0.6) is 0 Å². The fourth-order valence-electron chi connectivity index (χ4n) is 1.37. The van der Waals surface area contributed by atoms with E-state index in [4.69, 9.17) is 28.3 Å². The van der Waals surface area contributed by atoms with Crippen LogP contribution in [-0.4, -0.2) is 32.4 Å². The molecule has 1 amide bonds. The lowest BCUT2D eigenvalue weighted by Gasteiger charge is -2.10. The molecule has 0 aliphatic heterocycles. The van der Waals surface area contributed by atoms with Crippen molar-refractivity contribution in [3.63, 3.8) is 0 Å². The van der Waals surface area contributed by atoms with Crippen molar-refractivity contribution in [2.75, 3.05) is 5.32 Å². The van der Waals surface area contributed by atoms with E-state index in [2.05, 4.69) is 20.7 Å². The molecule has 0 aliphatic carbocycles. The summed E-state index contributed by atoms with van der Waals surface area (Å²) in [4.78, 5) is 22.9. The van der Waals surface area contributed by atoms with Crippen LogP contribution in [0, 0.1) is 0 Å². The Bertz CT molecular complexity index is 642. The van der Waals surface area contributed by atoms with Crippen molar-refractivity contribution in [1.82, 2.24) is 15.4 Å². The number of amides is 1. The third kappa shape index (κ3) is 2.67. The molecule has 0 radical (unpaired) electrons. The van der Waals surface area contributed by atoms with Gasteiger partial charge in [0.2, 0.25) is 0 Å². The van der Waals surface area contributed by atoms with Crippen molar-refractivity contribution >= 4 is 40.8 Å². The Kier molecular flexibility index (Phi) is 3.68. The Balaban J connectivity index is 2.42. The van der Waals surface area contributed by atoms with Crippen LogP contribution in [-0.2, 0) is 0 Å². The number of aromatic amines is 1. The number of hydrogen-bond donors (Lipinski definition) is 3. The van der Waals surface area contributed by atoms with Crippen molar-refractivity contribution in [1.29, 1.82) is 0 Å². The fourth-order valence-corrected chi connectivity index (χ4v) is 1.81. The van der Waals surface area contributed by atoms with Crippen LogP contribution >= 0.6 is 23.2 Å². The standard InChI is InChI=1S/C10H6Cl2N4O3/c11-4-1-2-5(12)8(7(4)10(18)19)14-9(17)6-3-13-16-15-6/h1-3H,(H,14,17)(H,18,19)(H,13,15,16). The van der Waals surface area contributed by atoms with Crippen LogP contribution in [0.3, 0.4) is 0 Å². The van der Waals surface area contributed by atoms with Gasteiger partial charge in [-0.05, 0) is 12.1 Å². The number of carboxylic acids is 1. The molecule has 1 aromatic carbocycles. The molecule has 19 heavy (non-hydrogen) atoms. The quantitative estimate of drug-likeness (QED) is 0.804. The molecule has 0 bridgehead atoms. The van der Waals surface area contributed by atoms with Crippen LogP contribution in [0.15, 0.2) is 18.3 Å². The van der Waals surface area contributed by atoms with Crippen LogP contribution in [0.25, 0.3) is 0 Å². The zero-order chi connectivity index (χ0) is 14.0. The van der Waals surface area contributed by atoms with Gasteiger partial charge in [0.15, 0.2) is 5.69 Å². The SMILES string of the molecule is O=C(Nc1c(Cl)ccc(Cl)c1C(=O)O)c1cn[nH]n1. The van der Waals surface area contributed by atoms with Gasteiger partial charge in [0.25, 0.3) is 5.91 Å². The first-order valence-corrected chi connectivity index (χ1v) is 5.64. The number of benzene rings is 1. The lowest BCUT2D eigenvalue weighted by molar-refractivity contribution is 0.0698. The minimum atomic E-state index is -1.30. The van der Waals surface area contributed by atoms with E-state index < -0.39 is 11.9 Å². The summed E-state index contributed by atoms with van der Waals surface area (Å²) in [6.07, 6.45) is 1.19. The highest BCUT2D eigenvalue weighted by atomic mass is 35.5. The average Bonchev–Trinajstić information content (AvgIpc) is 2.87. The molecular formula is C10H6Cl2N4O3. The number of aromatic carboxylic acids is 1. The molecule has 0 aliphatic rings. The van der Waals surface area contributed by atoms with Gasteiger partial charge in [0, 0.05) is 0 Å². The van der Waals surface area contributed by atoms with Crippen LogP contribution in [0.2, 0.25) is 10.0 Å². The number of hydrogen-bond acceptors (Lipinski definition) is 4. The third-order valence-electron chi connectivity index (χ3n) is 2.20. The molecule has 0 unspecified atom stereocenters. The molecule has 0 atom stereocenters. The normalized spacial score (nSPS) is 10.2. The summed E-state index contributed by atoms with van der Waals surface area (Å²) in [6.45, 7) is 0. The Morgan fingerprint density at radius 1 is 1.26 bits per heavy atom. The summed E-state index contributed by atoms with van der Waals surface area (Å²) in [7, 11) is 0. The summed E-state index contributed by atoms with van der Waals surface area (Å²) in [5, 5.41) is 20.8. The number of halogens is 2. The number of nitrogens with one attached hydrogen (secondary N) is 2. The zero-order valence-electron chi connectivity index (χ0n) is 9.15. The summed E-state index contributed by atoms with van der Waals surface area (Å²) < 4.78 is 0. The maximum atomic E-state index is 11.8. The molecule has 1 heterocycles. The van der Waals surface area contributed by atoms with Gasteiger partial charge in [0.05, 0.1) is 21.9 Å². The number of anilines is 1. The van der Waals surface area contributed by atoms with Crippen LogP contribution in [0.1, 0.15) is 20.8 Å². The van der Waals surface area contributed by atoms with Gasteiger partial charge < -0.3 is 10.4 Å². The molecular weight excluding hydrogens is 295 g/mol. The van der Waals surface area contributed by atoms with Gasteiger partial charge in [0.1, 0.15) is 5.56 Å². The lowest BCUT2D eigenvalue weighted by Crippen LogP contribution is -2.16. The zero-order valence-corrected chi connectivity index (χ0v) is 10.7. The van der Waals surface area contributed by atoms with Crippen molar-refractivity contribution in [3.05, 3.63) is 39.6 Å². The Morgan fingerprint density at radius 3 is 2.53 bits per heavy atom. The van der Waals surface area contributed by atoms with Crippen molar-refractivity contribution in [2.24, 2.45) is 0 Å². The Hall–Kier alpha value is -2.12. The fraction of sp³-hybridized carbons (Fsp3) is 0. The monoisotopic (exact) mass is 300 g/mol. The minimum Gasteiger partial charge on any atom is -0.478 e. The number of carboxylic acid groups (broad SMARTS) is 1. The van der Waals surface area contributed by atoms with Gasteiger partial charge in [-0.25, -0.2) is 4.79 Å². The number of nitrogens with zero attached hydrogens (tertiary/aromatic N) is 2. The highest BCUT2D eigenvalue weighted by Crippen LogP contribution is 2.32. The molecule has 2 aromatic rings. The second-order valence-corrected chi connectivity index (χ2v) is 4.21. The molecule has 98 valence electrons. The molecule has 1 aromatic heterocycles. The van der Waals surface area contributed by atoms with Crippen molar-refractivity contribution < 1.29 is 14.7 Å². The van der Waals surface area contributed by atoms with E-state index in [0.717, 1.165) is 0 Å². The Labute approximate surface area is 116 Å². The molecule has 0 saturated heterocycles. The van der Waals surface area contributed by atoms with E-state index in [-0.39, 0.29) is 27.0 Å². The third-order valence-corrected chi connectivity index (χ3v) is 2.83. The smallest absolute Gasteiger partial charge is 0.339 e. The van der Waals surface area contributed by atoms with Crippen molar-refractivity contribution in [3.8, 4) is 0 Å². The van der Waals surface area contributed by atoms with Crippen LogP contribution in [0.4, 0.5) is 5.69 Å². The molecule has 7 nitrogen and oxygen atoms in total. The maximum absolute atomic E-state index is 11.8. The van der Waals surface area contributed by atoms with Gasteiger partial charge in [-0.2, -0.15) is 15.4 Å². The molecule has 0 fully saturated rings. The largest absolute Gasteiger partial charge is 0.478 e. The van der Waals surface area contributed by atoms with Gasteiger partial charge in [-0.15, -0.1) is 0 Å². The van der Waals surface area contributed by atoms with Gasteiger partial charge >= 0.3 is 5.97 Å². The van der Waals surface area contributed by atoms with E-state index in [9.17, 15) is 9.59 Å². The predicted octanol–water partition coefficient (Wildman–Crippen LogP) is 2.06. The first kappa shape index (κ1) is 13.3. The van der Waals surface area contributed by atoms with E-state index in [1.54, 1.807) is 0 Å². The molecule has 2 rings (SSSR count). The maximum Gasteiger partial charge on any atom is 0.339 e. The number of H-pyrrole nitrogens is 1. The molecule has 0 spiro atoms. The van der Waals surface area contributed by atoms with Gasteiger partial charge in [-0.1, -0.05) is 23.2 Å². The van der Waals surface area contributed by atoms with E-state index in [0.29, 0.717) is 0 Å². The number of carbonyl (C=O) groups is 2. The van der Waals surface area contributed by atoms with Crippen LogP contribution < -0.4 is 5.32 Å². The second-order valence-electron chi connectivity index (χ2n) is 3.39. The molecule has 9 heteroatoms. The number of rotatable bonds is 3. The highest BCUT2D eigenvalue weighted by molar-refractivity contribution is 6.38. The van der Waals surface area contributed by atoms with Crippen molar-refractivity contribution in [2.45, 2.75) is 0 Å². The first-order valence-electron chi connectivity index (χ1n) is 4.89. The first-order chi connectivity index (χ1) is 9.00. The predicted molar refractivity (Wildman–Crippen MR) is 67.8 cm³/mol. The summed E-state index contributed by atoms with van der Waals surface area (Å²) in [6, 6.07) is 2.72. The molecule has 0 saturated carbocycles. The number of carbonyl (C=O) groups excluding carboxylic acids is 1. The topological polar surface area (TPSA) is 108 Å². The number of aromatic nitrogens is 3. The van der Waals surface area contributed by atoms with E-state index in [1.165, 1.54) is 18.3 Å². The summed E-state index contributed by atoms with van der Waals surface area (Å²) in [5.74, 6) is -1.96. The summed E-state index contributed by atoms with van der Waals surface area (Å²) in [5.41, 5.74) is -0.381. The second kappa shape index (κ2) is 5.25. The summed E-state index contributed by atoms with van der Waals surface area (Å²) >= 11 is 11.7. The van der Waals surface area contributed by atoms with E-state index >= 15 is 0 Å². The van der Waals surface area contributed by atoms with E-state index in [1.807, 2.05) is 0 Å². The van der Waals surface area contributed by atoms with Gasteiger partial charge in [-0.3, -0.25) is 4.79 Å². The minimum absolute atomic E-state index is 0.00705. The average molecular weight is 301 g/mol. The molecule has 3 N–H and O–H groups in total. The highest BCUT2D eigenvalue weighted by Gasteiger charge is 2.20. The Morgan fingerprint density at radius 2 is 1.95 bits per heavy atom. The lowest BCUT2D eigenvalue weighted by atomic mass is 10.1.